The maximum Gasteiger partial charge on any atom is 0.231 e. The van der Waals surface area contributed by atoms with Crippen LogP contribution in [0.25, 0.3) is 0 Å². The first-order chi connectivity index (χ1) is 12.6. The topological polar surface area (TPSA) is 67.4 Å². The average Bonchev–Trinajstić information content (AvgIpc) is 3.12. The molecule has 1 aromatic rings. The van der Waals surface area contributed by atoms with Crippen molar-refractivity contribution < 1.29 is 14.2 Å². The van der Waals surface area contributed by atoms with Crippen molar-refractivity contribution in [2.24, 2.45) is 4.99 Å². The van der Waals surface area contributed by atoms with E-state index in [0.29, 0.717) is 13.3 Å². The van der Waals surface area contributed by atoms with Crippen molar-refractivity contribution in [3.63, 3.8) is 0 Å². The molecule has 144 valence electrons. The zero-order valence-electron chi connectivity index (χ0n) is 16.0. The Balaban J connectivity index is 1.58. The number of benzene rings is 1. The molecule has 0 atom stereocenters. The van der Waals surface area contributed by atoms with E-state index >= 15 is 0 Å². The number of ether oxygens (including phenoxy) is 3. The van der Waals surface area contributed by atoms with Gasteiger partial charge in [0, 0.05) is 31.7 Å². The Morgan fingerprint density at radius 1 is 1.15 bits per heavy atom. The zero-order valence-corrected chi connectivity index (χ0v) is 16.0. The smallest absolute Gasteiger partial charge is 0.231 e. The second-order valence-electron chi connectivity index (χ2n) is 7.15. The number of hydrogen-bond acceptors (Lipinski definition) is 5. The van der Waals surface area contributed by atoms with Crippen LogP contribution in [0, 0.1) is 0 Å². The van der Waals surface area contributed by atoms with Gasteiger partial charge in [-0.2, -0.15) is 0 Å². The van der Waals surface area contributed by atoms with Crippen LogP contribution in [0.2, 0.25) is 0 Å². The molecular weight excluding hydrogens is 332 g/mol. The van der Waals surface area contributed by atoms with Crippen LogP contribution >= 0.6 is 0 Å². The molecule has 1 saturated heterocycles. The van der Waals surface area contributed by atoms with Gasteiger partial charge in [0.1, 0.15) is 0 Å². The van der Waals surface area contributed by atoms with E-state index in [0.717, 1.165) is 62.4 Å². The minimum absolute atomic E-state index is 0.0404. The lowest BCUT2D eigenvalue weighted by Crippen LogP contribution is -2.56. The number of nitrogens with one attached hydrogen (secondary N) is 2. The summed E-state index contributed by atoms with van der Waals surface area (Å²) in [7, 11) is 0. The molecule has 26 heavy (non-hydrogen) atoms. The third-order valence-electron chi connectivity index (χ3n) is 4.76. The molecule has 0 radical (unpaired) electrons. The summed E-state index contributed by atoms with van der Waals surface area (Å²) in [5, 5.41) is 6.80. The molecule has 1 fully saturated rings. The molecule has 7 nitrogen and oxygen atoms in total. The number of morpholine rings is 1. The lowest BCUT2D eigenvalue weighted by atomic mass is 10.0. The van der Waals surface area contributed by atoms with Gasteiger partial charge in [-0.1, -0.05) is 6.07 Å². The summed E-state index contributed by atoms with van der Waals surface area (Å²) in [6, 6.07) is 5.96. The summed E-state index contributed by atoms with van der Waals surface area (Å²) in [4.78, 5) is 7.18. The zero-order chi connectivity index (χ0) is 18.4. The Bertz CT molecular complexity index is 627. The van der Waals surface area contributed by atoms with Crippen molar-refractivity contribution in [2.45, 2.75) is 32.9 Å². The summed E-state index contributed by atoms with van der Waals surface area (Å²) >= 11 is 0. The predicted molar refractivity (Wildman–Crippen MR) is 102 cm³/mol. The summed E-state index contributed by atoms with van der Waals surface area (Å²) in [5.74, 6) is 2.42. The van der Waals surface area contributed by atoms with Crippen LogP contribution in [-0.4, -0.2) is 62.6 Å². The molecule has 7 heteroatoms. The fraction of sp³-hybridized carbons (Fsp3) is 0.632. The van der Waals surface area contributed by atoms with Gasteiger partial charge in [0.25, 0.3) is 0 Å². The second kappa shape index (κ2) is 8.60. The van der Waals surface area contributed by atoms with Crippen molar-refractivity contribution in [3.8, 4) is 11.5 Å². The predicted octanol–water partition coefficient (Wildman–Crippen LogP) is 1.58. The molecule has 2 aliphatic heterocycles. The van der Waals surface area contributed by atoms with Crippen LogP contribution in [-0.2, 0) is 11.3 Å². The quantitative estimate of drug-likeness (QED) is 0.592. The summed E-state index contributed by atoms with van der Waals surface area (Å²) in [6.45, 7) is 12.7. The largest absolute Gasteiger partial charge is 0.454 e. The van der Waals surface area contributed by atoms with Crippen molar-refractivity contribution >= 4 is 5.96 Å². The fourth-order valence-corrected chi connectivity index (χ4v) is 3.13. The lowest BCUT2D eigenvalue weighted by Gasteiger charge is -2.41. The molecule has 2 aliphatic rings. The first-order valence-electron chi connectivity index (χ1n) is 9.32. The van der Waals surface area contributed by atoms with E-state index in [2.05, 4.69) is 36.3 Å². The molecule has 0 spiro atoms. The third-order valence-corrected chi connectivity index (χ3v) is 4.76. The standard InChI is InChI=1S/C19H30N4O3/c1-4-20-18(22-13-19(2,3)23-7-9-24-10-8-23)21-12-15-5-6-16-17(11-15)26-14-25-16/h5-6,11H,4,7-10,12-14H2,1-3H3,(H2,20,21,22). The first-order valence-corrected chi connectivity index (χ1v) is 9.32. The maximum absolute atomic E-state index is 5.46. The number of fused-ring (bicyclic) bond motifs is 1. The first kappa shape index (κ1) is 18.8. The highest BCUT2D eigenvalue weighted by atomic mass is 16.7. The summed E-state index contributed by atoms with van der Waals surface area (Å²) < 4.78 is 16.3. The summed E-state index contributed by atoms with van der Waals surface area (Å²) in [5.41, 5.74) is 1.14. The molecule has 0 aliphatic carbocycles. The normalized spacial score (nSPS) is 18.0. The van der Waals surface area contributed by atoms with Crippen molar-refractivity contribution in [2.75, 3.05) is 46.2 Å². The Morgan fingerprint density at radius 3 is 2.69 bits per heavy atom. The molecule has 0 saturated carbocycles. The van der Waals surface area contributed by atoms with Crippen LogP contribution in [0.4, 0.5) is 0 Å². The van der Waals surface area contributed by atoms with Crippen molar-refractivity contribution in [1.29, 1.82) is 0 Å². The van der Waals surface area contributed by atoms with Gasteiger partial charge >= 0.3 is 0 Å². The van der Waals surface area contributed by atoms with Crippen LogP contribution in [0.15, 0.2) is 23.2 Å². The van der Waals surface area contributed by atoms with E-state index in [9.17, 15) is 0 Å². The van der Waals surface area contributed by atoms with Gasteiger partial charge in [-0.3, -0.25) is 4.90 Å². The average molecular weight is 362 g/mol. The van der Waals surface area contributed by atoms with Crippen LogP contribution < -0.4 is 20.1 Å². The number of hydrogen-bond donors (Lipinski definition) is 2. The Hall–Kier alpha value is -1.99. The molecule has 0 bridgehead atoms. The second-order valence-corrected chi connectivity index (χ2v) is 7.15. The van der Waals surface area contributed by atoms with E-state index in [-0.39, 0.29) is 5.54 Å². The molecule has 1 aromatic carbocycles. The van der Waals surface area contributed by atoms with E-state index in [1.807, 2.05) is 18.2 Å². The highest BCUT2D eigenvalue weighted by Crippen LogP contribution is 2.32. The highest BCUT2D eigenvalue weighted by Gasteiger charge is 2.28. The van der Waals surface area contributed by atoms with Gasteiger partial charge in [0.15, 0.2) is 17.5 Å². The monoisotopic (exact) mass is 362 g/mol. The van der Waals surface area contributed by atoms with Gasteiger partial charge in [-0.25, -0.2) is 4.99 Å². The van der Waals surface area contributed by atoms with Gasteiger partial charge < -0.3 is 24.8 Å². The molecule has 0 unspecified atom stereocenters. The number of rotatable bonds is 6. The molecular formula is C19H30N4O3. The van der Waals surface area contributed by atoms with Crippen molar-refractivity contribution in [3.05, 3.63) is 23.8 Å². The van der Waals surface area contributed by atoms with Gasteiger partial charge in [0.05, 0.1) is 19.8 Å². The Labute approximate surface area is 155 Å². The molecule has 3 rings (SSSR count). The molecule has 0 amide bonds. The molecule has 2 N–H and O–H groups in total. The Kier molecular flexibility index (Phi) is 6.21. The fourth-order valence-electron chi connectivity index (χ4n) is 3.13. The van der Waals surface area contributed by atoms with Crippen LogP contribution in [0.3, 0.4) is 0 Å². The van der Waals surface area contributed by atoms with E-state index in [1.165, 1.54) is 0 Å². The summed E-state index contributed by atoms with van der Waals surface area (Å²) in [6.07, 6.45) is 0. The number of guanidine groups is 1. The SMILES string of the molecule is CCNC(=NCc1ccc2c(c1)OCO2)NCC(C)(C)N1CCOCC1. The number of aliphatic imine (C=N–C) groups is 1. The minimum atomic E-state index is 0.0404. The van der Waals surface area contributed by atoms with E-state index in [1.54, 1.807) is 0 Å². The van der Waals surface area contributed by atoms with E-state index in [4.69, 9.17) is 19.2 Å². The van der Waals surface area contributed by atoms with Crippen LogP contribution in [0.5, 0.6) is 11.5 Å². The van der Waals surface area contributed by atoms with Crippen molar-refractivity contribution in [1.82, 2.24) is 15.5 Å². The molecule has 2 heterocycles. The molecule has 0 aromatic heterocycles. The van der Waals surface area contributed by atoms with Crippen LogP contribution in [0.1, 0.15) is 26.3 Å². The van der Waals surface area contributed by atoms with Gasteiger partial charge in [-0.15, -0.1) is 0 Å². The maximum atomic E-state index is 5.46. The van der Waals surface area contributed by atoms with Gasteiger partial charge in [-0.05, 0) is 38.5 Å². The van der Waals surface area contributed by atoms with E-state index < -0.39 is 0 Å². The lowest BCUT2D eigenvalue weighted by molar-refractivity contribution is -0.00834. The van der Waals surface area contributed by atoms with Gasteiger partial charge in [0.2, 0.25) is 6.79 Å². The minimum Gasteiger partial charge on any atom is -0.454 e. The highest BCUT2D eigenvalue weighted by molar-refractivity contribution is 5.79. The number of nitrogens with zero attached hydrogens (tertiary/aromatic N) is 2. The third kappa shape index (κ3) is 4.80. The Morgan fingerprint density at radius 2 is 1.92 bits per heavy atom.